The Hall–Kier alpha value is -2.13. The van der Waals surface area contributed by atoms with Crippen LogP contribution in [0.1, 0.15) is 24.8 Å². The van der Waals surface area contributed by atoms with E-state index in [0.29, 0.717) is 18.5 Å². The molecule has 2 rings (SSSR count). The Bertz CT molecular complexity index is 553. The molecule has 0 saturated heterocycles. The Kier molecular flexibility index (Phi) is 4.20. The summed E-state index contributed by atoms with van der Waals surface area (Å²) < 4.78 is 0. The average Bonchev–Trinajstić information content (AvgIpc) is 2.93. The largest absolute Gasteiger partial charge is 0.371 e. The van der Waals surface area contributed by atoms with Gasteiger partial charge in [0.05, 0.1) is 4.92 Å². The highest BCUT2D eigenvalue weighted by atomic mass is 16.6. The summed E-state index contributed by atoms with van der Waals surface area (Å²) in [6.45, 7) is 0.646. The molecule has 0 heterocycles. The molecule has 1 aliphatic carbocycles. The molecule has 1 aliphatic rings. The van der Waals surface area contributed by atoms with Gasteiger partial charge in [-0.3, -0.25) is 10.1 Å². The summed E-state index contributed by atoms with van der Waals surface area (Å²) in [5.41, 5.74) is 6.57. The van der Waals surface area contributed by atoms with E-state index in [2.05, 4.69) is 4.90 Å². The number of nitrogens with two attached hydrogens (primary N) is 1. The fourth-order valence-corrected chi connectivity index (χ4v) is 2.99. The molecule has 1 saturated carbocycles. The van der Waals surface area contributed by atoms with Crippen molar-refractivity contribution in [2.24, 2.45) is 11.7 Å². The zero-order valence-electron chi connectivity index (χ0n) is 11.5. The average molecular weight is 274 g/mol. The molecule has 0 amide bonds. The Morgan fingerprint density at radius 3 is 2.90 bits per heavy atom. The number of nitriles is 1. The van der Waals surface area contributed by atoms with Gasteiger partial charge in [-0.05, 0) is 37.4 Å². The van der Waals surface area contributed by atoms with Crippen LogP contribution in [-0.4, -0.2) is 24.6 Å². The van der Waals surface area contributed by atoms with Crippen LogP contribution >= 0.6 is 0 Å². The van der Waals surface area contributed by atoms with Gasteiger partial charge in [-0.25, -0.2) is 0 Å². The SMILES string of the molecule is CN(c1ccc([N+](=O)[O-])c(C#N)c1)C1CCCC1CN. The topological polar surface area (TPSA) is 96.2 Å². The van der Waals surface area contributed by atoms with Crippen LogP contribution in [0.4, 0.5) is 11.4 Å². The molecule has 20 heavy (non-hydrogen) atoms. The summed E-state index contributed by atoms with van der Waals surface area (Å²) in [6.07, 6.45) is 3.33. The van der Waals surface area contributed by atoms with Crippen LogP contribution in [0.3, 0.4) is 0 Å². The lowest BCUT2D eigenvalue weighted by Crippen LogP contribution is -2.37. The fraction of sp³-hybridized carbons (Fsp3) is 0.500. The van der Waals surface area contributed by atoms with Crippen LogP contribution in [0.15, 0.2) is 18.2 Å². The molecule has 2 atom stereocenters. The second-order valence-corrected chi connectivity index (χ2v) is 5.18. The minimum absolute atomic E-state index is 0.0987. The number of hydrogen-bond acceptors (Lipinski definition) is 5. The van der Waals surface area contributed by atoms with E-state index in [9.17, 15) is 10.1 Å². The minimum atomic E-state index is -0.527. The van der Waals surface area contributed by atoms with Crippen molar-refractivity contribution in [3.05, 3.63) is 33.9 Å². The Morgan fingerprint density at radius 1 is 1.55 bits per heavy atom. The number of nitro groups is 1. The van der Waals surface area contributed by atoms with Crippen molar-refractivity contribution in [2.75, 3.05) is 18.5 Å². The molecule has 106 valence electrons. The molecule has 1 aromatic carbocycles. The first kappa shape index (κ1) is 14.3. The number of hydrogen-bond donors (Lipinski definition) is 1. The van der Waals surface area contributed by atoms with E-state index in [1.165, 1.54) is 6.07 Å². The number of nitro benzene ring substituents is 1. The van der Waals surface area contributed by atoms with Crippen molar-refractivity contribution in [2.45, 2.75) is 25.3 Å². The van der Waals surface area contributed by atoms with E-state index >= 15 is 0 Å². The van der Waals surface area contributed by atoms with Gasteiger partial charge in [0.2, 0.25) is 0 Å². The van der Waals surface area contributed by atoms with Gasteiger partial charge in [0.15, 0.2) is 0 Å². The van der Waals surface area contributed by atoms with E-state index in [1.54, 1.807) is 12.1 Å². The molecule has 0 aliphatic heterocycles. The third kappa shape index (κ3) is 2.58. The number of nitrogens with zero attached hydrogens (tertiary/aromatic N) is 3. The van der Waals surface area contributed by atoms with E-state index in [0.717, 1.165) is 24.9 Å². The lowest BCUT2D eigenvalue weighted by Gasteiger charge is -2.31. The van der Waals surface area contributed by atoms with Gasteiger partial charge >= 0.3 is 0 Å². The summed E-state index contributed by atoms with van der Waals surface area (Å²) in [5, 5.41) is 19.9. The predicted molar refractivity (Wildman–Crippen MR) is 76.4 cm³/mol. The first-order chi connectivity index (χ1) is 9.58. The maximum Gasteiger partial charge on any atom is 0.287 e. The van der Waals surface area contributed by atoms with Crippen molar-refractivity contribution < 1.29 is 4.92 Å². The molecule has 1 aromatic rings. The van der Waals surface area contributed by atoms with Crippen LogP contribution in [0.5, 0.6) is 0 Å². The monoisotopic (exact) mass is 274 g/mol. The first-order valence-electron chi connectivity index (χ1n) is 6.70. The zero-order chi connectivity index (χ0) is 14.7. The van der Waals surface area contributed by atoms with Crippen LogP contribution in [0.2, 0.25) is 0 Å². The predicted octanol–water partition coefficient (Wildman–Crippen LogP) is 2.03. The first-order valence-corrected chi connectivity index (χ1v) is 6.70. The second-order valence-electron chi connectivity index (χ2n) is 5.18. The lowest BCUT2D eigenvalue weighted by molar-refractivity contribution is -0.385. The van der Waals surface area contributed by atoms with Crippen LogP contribution in [0, 0.1) is 27.4 Å². The summed E-state index contributed by atoms with van der Waals surface area (Å²) in [6, 6.07) is 6.92. The van der Waals surface area contributed by atoms with Gasteiger partial charge in [-0.1, -0.05) is 6.42 Å². The molecule has 6 heteroatoms. The molecule has 0 spiro atoms. The van der Waals surface area contributed by atoms with Gasteiger partial charge in [0.1, 0.15) is 11.6 Å². The van der Waals surface area contributed by atoms with Crippen molar-refractivity contribution >= 4 is 11.4 Å². The second kappa shape index (κ2) is 5.88. The van der Waals surface area contributed by atoms with Crippen molar-refractivity contribution in [3.8, 4) is 6.07 Å². The van der Waals surface area contributed by atoms with Crippen LogP contribution < -0.4 is 10.6 Å². The van der Waals surface area contributed by atoms with Crippen LogP contribution in [0.25, 0.3) is 0 Å². The number of rotatable bonds is 4. The molecule has 2 N–H and O–H groups in total. The molecule has 2 unspecified atom stereocenters. The highest BCUT2D eigenvalue weighted by molar-refractivity contribution is 5.60. The van der Waals surface area contributed by atoms with Gasteiger partial charge in [-0.15, -0.1) is 0 Å². The van der Waals surface area contributed by atoms with Gasteiger partial charge in [-0.2, -0.15) is 5.26 Å². The van der Waals surface area contributed by atoms with Crippen molar-refractivity contribution in [1.82, 2.24) is 0 Å². The Labute approximate surface area is 117 Å². The molecular weight excluding hydrogens is 256 g/mol. The summed E-state index contributed by atoms with van der Waals surface area (Å²) in [7, 11) is 1.96. The van der Waals surface area contributed by atoms with E-state index < -0.39 is 4.92 Å². The Morgan fingerprint density at radius 2 is 2.30 bits per heavy atom. The van der Waals surface area contributed by atoms with Gasteiger partial charge in [0.25, 0.3) is 5.69 Å². The lowest BCUT2D eigenvalue weighted by atomic mass is 10.0. The van der Waals surface area contributed by atoms with Crippen LogP contribution in [-0.2, 0) is 0 Å². The van der Waals surface area contributed by atoms with E-state index in [1.807, 2.05) is 13.1 Å². The minimum Gasteiger partial charge on any atom is -0.371 e. The normalized spacial score (nSPS) is 21.4. The Balaban J connectivity index is 2.29. The molecule has 0 aromatic heterocycles. The van der Waals surface area contributed by atoms with Gasteiger partial charge < -0.3 is 10.6 Å². The maximum atomic E-state index is 10.8. The molecule has 1 fully saturated rings. The number of anilines is 1. The summed E-state index contributed by atoms with van der Waals surface area (Å²) in [5.74, 6) is 0.445. The van der Waals surface area contributed by atoms with E-state index in [-0.39, 0.29) is 11.3 Å². The molecule has 0 bridgehead atoms. The van der Waals surface area contributed by atoms with E-state index in [4.69, 9.17) is 11.0 Å². The quantitative estimate of drug-likeness (QED) is 0.669. The highest BCUT2D eigenvalue weighted by Gasteiger charge is 2.30. The molecule has 6 nitrogen and oxygen atoms in total. The third-order valence-electron chi connectivity index (χ3n) is 4.12. The third-order valence-corrected chi connectivity index (χ3v) is 4.12. The van der Waals surface area contributed by atoms with Gasteiger partial charge in [0, 0.05) is 24.8 Å². The standard InChI is InChI=1S/C14H18N4O2/c1-17(13-4-2-3-10(13)8-15)12-5-6-14(18(19)20)11(7-12)9-16/h5-7,10,13H,2-4,8,15H2,1H3. The molecule has 0 radical (unpaired) electrons. The molecular formula is C14H18N4O2. The van der Waals surface area contributed by atoms with Crippen molar-refractivity contribution in [1.29, 1.82) is 5.26 Å². The maximum absolute atomic E-state index is 10.8. The number of benzene rings is 1. The van der Waals surface area contributed by atoms with Crippen molar-refractivity contribution in [3.63, 3.8) is 0 Å². The highest BCUT2D eigenvalue weighted by Crippen LogP contribution is 2.33. The summed E-state index contributed by atoms with van der Waals surface area (Å²) >= 11 is 0. The summed E-state index contributed by atoms with van der Waals surface area (Å²) in [4.78, 5) is 12.4. The smallest absolute Gasteiger partial charge is 0.287 e. The fourth-order valence-electron chi connectivity index (χ4n) is 2.99. The zero-order valence-corrected chi connectivity index (χ0v) is 11.5.